The second-order valence-corrected chi connectivity index (χ2v) is 6.12. The van der Waals surface area contributed by atoms with Crippen molar-refractivity contribution < 1.29 is 27.6 Å². The van der Waals surface area contributed by atoms with Crippen LogP contribution in [0.1, 0.15) is 34.7 Å². The van der Waals surface area contributed by atoms with Gasteiger partial charge in [-0.3, -0.25) is 4.79 Å². The third kappa shape index (κ3) is 5.56. The number of nitrogens with zero attached hydrogens (tertiary/aromatic N) is 2. The van der Waals surface area contributed by atoms with Gasteiger partial charge in [0.05, 0.1) is 11.3 Å². The summed E-state index contributed by atoms with van der Waals surface area (Å²) in [7, 11) is 1.29. The summed E-state index contributed by atoms with van der Waals surface area (Å²) < 4.78 is 38.6. The molecule has 2 rings (SSSR count). The summed E-state index contributed by atoms with van der Waals surface area (Å²) in [4.78, 5) is 21.7. The van der Waals surface area contributed by atoms with Crippen molar-refractivity contribution in [3.63, 3.8) is 0 Å². The second kappa shape index (κ2) is 9.22. The number of primary amides is 1. The molecule has 154 valence electrons. The first-order valence-electron chi connectivity index (χ1n) is 8.49. The molecule has 0 aliphatic carbocycles. The van der Waals surface area contributed by atoms with Gasteiger partial charge in [0.25, 0.3) is 5.91 Å². The van der Waals surface area contributed by atoms with Crippen LogP contribution in [0, 0.1) is 6.92 Å². The predicted molar refractivity (Wildman–Crippen MR) is 102 cm³/mol. The highest BCUT2D eigenvalue weighted by Gasteiger charge is 2.30. The van der Waals surface area contributed by atoms with E-state index in [9.17, 15) is 18.0 Å². The van der Waals surface area contributed by atoms with Crippen LogP contribution in [0.15, 0.2) is 52.8 Å². The Bertz CT molecular complexity index is 953. The Balaban J connectivity index is 2.27. The number of hydrogen-bond acceptors (Lipinski definition) is 5. The molecule has 0 spiro atoms. The zero-order valence-electron chi connectivity index (χ0n) is 16.1. The predicted octanol–water partition coefficient (Wildman–Crippen LogP) is 3.79. The molecule has 2 N–H and O–H groups in total. The van der Waals surface area contributed by atoms with Gasteiger partial charge in [-0.25, -0.2) is 0 Å². The molecule has 2 aromatic rings. The van der Waals surface area contributed by atoms with Crippen molar-refractivity contribution >= 4 is 17.3 Å². The second-order valence-electron chi connectivity index (χ2n) is 6.12. The van der Waals surface area contributed by atoms with E-state index in [1.165, 1.54) is 26.2 Å². The molecular weight excluding hydrogens is 387 g/mol. The lowest BCUT2D eigenvalue weighted by Crippen LogP contribution is -2.26. The summed E-state index contributed by atoms with van der Waals surface area (Å²) in [6.07, 6.45) is -4.45. The van der Waals surface area contributed by atoms with Crippen molar-refractivity contribution in [3.05, 3.63) is 70.3 Å². The molecule has 0 unspecified atom stereocenters. The molecule has 1 amide bonds. The van der Waals surface area contributed by atoms with E-state index >= 15 is 0 Å². The minimum absolute atomic E-state index is 0.0473. The van der Waals surface area contributed by atoms with E-state index in [2.05, 4.69) is 15.1 Å². The Morgan fingerprint density at radius 1 is 1.14 bits per heavy atom. The first-order chi connectivity index (χ1) is 13.6. The van der Waals surface area contributed by atoms with Crippen LogP contribution in [-0.2, 0) is 27.3 Å². The third-order valence-corrected chi connectivity index (χ3v) is 4.10. The Morgan fingerprint density at radius 3 is 2.45 bits per heavy atom. The van der Waals surface area contributed by atoms with E-state index in [1.807, 2.05) is 0 Å². The Labute approximate surface area is 165 Å². The fraction of sp³-hybridized carbons (Fsp3) is 0.250. The number of alkyl halides is 3. The number of amides is 1. The normalized spacial score (nSPS) is 12.6. The topological polar surface area (TPSA) is 86.3 Å². The lowest BCUT2D eigenvalue weighted by atomic mass is 9.98. The average Bonchev–Trinajstić information content (AvgIpc) is 2.66. The molecule has 0 saturated carbocycles. The molecule has 0 aromatic heterocycles. The van der Waals surface area contributed by atoms with Crippen molar-refractivity contribution in [2.24, 2.45) is 16.0 Å². The quantitative estimate of drug-likeness (QED) is 0.560. The zero-order chi connectivity index (χ0) is 21.6. The molecule has 0 fully saturated rings. The standard InChI is InChI=1S/C20H20F3N3O3/c1-12-6-4-9-16(18(19(24)27)26-28-3)17(12)11-29-25-13(2)14-7-5-8-15(10-14)20(21,22)23/h4-10H,11H2,1-3H3,(H2,24,27)/b25-13+,26-18+. The SMILES string of the molecule is CO/N=C(/C(N)=O)c1cccc(C)c1CO/N=C(\C)c1cccc(C(F)(F)F)c1. The Hall–Kier alpha value is -3.36. The number of halogens is 3. The van der Waals surface area contributed by atoms with Crippen LogP contribution < -0.4 is 5.73 Å². The van der Waals surface area contributed by atoms with Gasteiger partial charge in [-0.1, -0.05) is 40.6 Å². The average molecular weight is 407 g/mol. The van der Waals surface area contributed by atoms with E-state index in [0.717, 1.165) is 17.7 Å². The van der Waals surface area contributed by atoms with Gasteiger partial charge in [-0.2, -0.15) is 13.2 Å². The molecule has 0 radical (unpaired) electrons. The zero-order valence-corrected chi connectivity index (χ0v) is 16.1. The number of oxime groups is 2. The van der Waals surface area contributed by atoms with Gasteiger partial charge in [0.15, 0.2) is 5.71 Å². The lowest BCUT2D eigenvalue weighted by molar-refractivity contribution is -0.137. The first kappa shape index (κ1) is 21.9. The van der Waals surface area contributed by atoms with Gasteiger partial charge in [-0.05, 0) is 37.1 Å². The number of nitrogens with two attached hydrogens (primary N) is 1. The molecule has 6 nitrogen and oxygen atoms in total. The fourth-order valence-corrected chi connectivity index (χ4v) is 2.60. The minimum atomic E-state index is -4.45. The molecule has 0 aliphatic rings. The van der Waals surface area contributed by atoms with Crippen LogP contribution in [0.2, 0.25) is 0 Å². The number of benzene rings is 2. The highest BCUT2D eigenvalue weighted by atomic mass is 19.4. The summed E-state index contributed by atoms with van der Waals surface area (Å²) in [5.74, 6) is -0.776. The number of rotatable bonds is 7. The van der Waals surface area contributed by atoms with E-state index in [0.29, 0.717) is 11.1 Å². The van der Waals surface area contributed by atoms with Crippen LogP contribution in [0.4, 0.5) is 13.2 Å². The van der Waals surface area contributed by atoms with Gasteiger partial charge >= 0.3 is 6.18 Å². The summed E-state index contributed by atoms with van der Waals surface area (Å²) >= 11 is 0. The molecule has 0 saturated heterocycles. The monoisotopic (exact) mass is 407 g/mol. The molecule has 0 heterocycles. The number of aryl methyl sites for hydroxylation is 1. The number of hydrogen-bond donors (Lipinski definition) is 1. The molecule has 0 aliphatic heterocycles. The van der Waals surface area contributed by atoms with Crippen LogP contribution >= 0.6 is 0 Å². The van der Waals surface area contributed by atoms with E-state index in [-0.39, 0.29) is 23.6 Å². The summed E-state index contributed by atoms with van der Waals surface area (Å²) in [5, 5.41) is 7.57. The van der Waals surface area contributed by atoms with Crippen molar-refractivity contribution in [2.75, 3.05) is 7.11 Å². The highest BCUT2D eigenvalue weighted by Crippen LogP contribution is 2.29. The molecule has 2 aromatic carbocycles. The van der Waals surface area contributed by atoms with Crippen LogP contribution in [0.25, 0.3) is 0 Å². The Morgan fingerprint density at radius 2 is 1.83 bits per heavy atom. The minimum Gasteiger partial charge on any atom is -0.398 e. The van der Waals surface area contributed by atoms with E-state index < -0.39 is 17.6 Å². The maximum atomic E-state index is 12.9. The smallest absolute Gasteiger partial charge is 0.398 e. The fourth-order valence-electron chi connectivity index (χ4n) is 2.60. The van der Waals surface area contributed by atoms with Crippen LogP contribution in [0.5, 0.6) is 0 Å². The van der Waals surface area contributed by atoms with Gasteiger partial charge in [-0.15, -0.1) is 0 Å². The highest BCUT2D eigenvalue weighted by molar-refractivity contribution is 6.45. The maximum absolute atomic E-state index is 12.9. The molecule has 29 heavy (non-hydrogen) atoms. The molecule has 0 bridgehead atoms. The molecule has 0 atom stereocenters. The van der Waals surface area contributed by atoms with Crippen LogP contribution in [0.3, 0.4) is 0 Å². The third-order valence-electron chi connectivity index (χ3n) is 4.10. The number of carbonyl (C=O) groups excluding carboxylic acids is 1. The van der Waals surface area contributed by atoms with E-state index in [4.69, 9.17) is 10.6 Å². The summed E-state index contributed by atoms with van der Waals surface area (Å²) in [6, 6.07) is 9.95. The maximum Gasteiger partial charge on any atom is 0.416 e. The summed E-state index contributed by atoms with van der Waals surface area (Å²) in [5.41, 5.74) is 6.88. The van der Waals surface area contributed by atoms with Gasteiger partial charge in [0.2, 0.25) is 0 Å². The molecular formula is C20H20F3N3O3. The van der Waals surface area contributed by atoms with Crippen molar-refractivity contribution in [1.82, 2.24) is 0 Å². The molecule has 9 heteroatoms. The van der Waals surface area contributed by atoms with Crippen molar-refractivity contribution in [3.8, 4) is 0 Å². The van der Waals surface area contributed by atoms with Crippen molar-refractivity contribution in [2.45, 2.75) is 26.6 Å². The van der Waals surface area contributed by atoms with Gasteiger partial charge in [0.1, 0.15) is 13.7 Å². The Kier molecular flexibility index (Phi) is 6.98. The van der Waals surface area contributed by atoms with Crippen molar-refractivity contribution in [1.29, 1.82) is 0 Å². The first-order valence-corrected chi connectivity index (χ1v) is 8.49. The largest absolute Gasteiger partial charge is 0.416 e. The number of carbonyl (C=O) groups is 1. The van der Waals surface area contributed by atoms with Crippen LogP contribution in [-0.4, -0.2) is 24.4 Å². The summed E-state index contributed by atoms with van der Waals surface area (Å²) in [6.45, 7) is 3.29. The van der Waals surface area contributed by atoms with Gasteiger partial charge < -0.3 is 15.4 Å². The van der Waals surface area contributed by atoms with Gasteiger partial charge in [0, 0.05) is 11.1 Å². The lowest BCUT2D eigenvalue weighted by Gasteiger charge is -2.12. The van der Waals surface area contributed by atoms with E-state index in [1.54, 1.807) is 25.1 Å².